The minimum atomic E-state index is -0.686. The van der Waals surface area contributed by atoms with Crippen molar-refractivity contribution in [2.75, 3.05) is 0 Å². The highest BCUT2D eigenvalue weighted by atomic mass is 35.5. The van der Waals surface area contributed by atoms with E-state index in [1.807, 2.05) is 0 Å². The zero-order valence-corrected chi connectivity index (χ0v) is 20.9. The SMILES string of the molecule is NC(=O)c1cn(CC(=O)N2[C@@H]3CCCC[C@@H]3C[C@H]2C(=O)NCc2cccc(Cl)c2F)c2cc(O)ccc12. The van der Waals surface area contributed by atoms with Gasteiger partial charge in [0.15, 0.2) is 0 Å². The summed E-state index contributed by atoms with van der Waals surface area (Å²) in [6.07, 6.45) is 5.82. The molecule has 3 amide bonds. The number of aromatic hydroxyl groups is 1. The molecule has 5 rings (SSSR count). The highest BCUT2D eigenvalue weighted by Crippen LogP contribution is 2.40. The van der Waals surface area contributed by atoms with E-state index in [0.29, 0.717) is 17.3 Å². The van der Waals surface area contributed by atoms with Crippen LogP contribution in [0.4, 0.5) is 4.39 Å². The van der Waals surface area contributed by atoms with Crippen LogP contribution in [0.15, 0.2) is 42.6 Å². The molecule has 0 spiro atoms. The van der Waals surface area contributed by atoms with Crippen LogP contribution in [0.3, 0.4) is 0 Å². The predicted molar refractivity (Wildman–Crippen MR) is 136 cm³/mol. The van der Waals surface area contributed by atoms with Crippen LogP contribution in [-0.4, -0.2) is 44.4 Å². The van der Waals surface area contributed by atoms with Crippen LogP contribution in [0.5, 0.6) is 5.75 Å². The molecule has 3 aromatic rings. The maximum atomic E-state index is 14.3. The topological polar surface area (TPSA) is 118 Å². The molecule has 0 radical (unpaired) electrons. The second-order valence-electron chi connectivity index (χ2n) is 9.83. The number of nitrogens with one attached hydrogen (secondary N) is 1. The van der Waals surface area contributed by atoms with Crippen LogP contribution in [0.25, 0.3) is 10.9 Å². The molecule has 0 unspecified atom stereocenters. The zero-order chi connectivity index (χ0) is 26.3. The van der Waals surface area contributed by atoms with E-state index in [4.69, 9.17) is 17.3 Å². The average molecular weight is 527 g/mol. The summed E-state index contributed by atoms with van der Waals surface area (Å²) in [5.41, 5.74) is 6.55. The lowest BCUT2D eigenvalue weighted by molar-refractivity contribution is -0.141. The lowest BCUT2D eigenvalue weighted by Crippen LogP contribution is -2.50. The van der Waals surface area contributed by atoms with Crippen molar-refractivity contribution in [3.05, 3.63) is 64.6 Å². The van der Waals surface area contributed by atoms with Crippen molar-refractivity contribution >= 4 is 40.2 Å². The van der Waals surface area contributed by atoms with Gasteiger partial charge in [-0.3, -0.25) is 14.4 Å². The third kappa shape index (κ3) is 4.75. The molecule has 2 aromatic carbocycles. The Balaban J connectivity index is 1.40. The smallest absolute Gasteiger partial charge is 0.250 e. The van der Waals surface area contributed by atoms with Crippen molar-refractivity contribution in [3.8, 4) is 5.75 Å². The first-order chi connectivity index (χ1) is 17.7. The van der Waals surface area contributed by atoms with E-state index >= 15 is 0 Å². The number of aromatic nitrogens is 1. The largest absolute Gasteiger partial charge is 0.508 e. The molecule has 4 N–H and O–H groups in total. The van der Waals surface area contributed by atoms with Gasteiger partial charge in [0.05, 0.1) is 16.1 Å². The summed E-state index contributed by atoms with van der Waals surface area (Å²) in [7, 11) is 0. The quantitative estimate of drug-likeness (QED) is 0.454. The monoisotopic (exact) mass is 526 g/mol. The van der Waals surface area contributed by atoms with Crippen molar-refractivity contribution in [3.63, 3.8) is 0 Å². The summed E-state index contributed by atoms with van der Waals surface area (Å²) in [6.45, 7) is -0.161. The number of nitrogens with two attached hydrogens (primary N) is 1. The second kappa shape index (κ2) is 10.0. The number of rotatable bonds is 6. The Morgan fingerprint density at radius 2 is 1.95 bits per heavy atom. The van der Waals surface area contributed by atoms with E-state index in [2.05, 4.69) is 5.32 Å². The van der Waals surface area contributed by atoms with Gasteiger partial charge in [-0.2, -0.15) is 0 Å². The van der Waals surface area contributed by atoms with Gasteiger partial charge in [0.1, 0.15) is 24.2 Å². The molecule has 1 aliphatic carbocycles. The first-order valence-corrected chi connectivity index (χ1v) is 12.8. The van der Waals surface area contributed by atoms with Crippen LogP contribution < -0.4 is 11.1 Å². The number of hydrogen-bond acceptors (Lipinski definition) is 4. The van der Waals surface area contributed by atoms with Crippen LogP contribution in [-0.2, 0) is 22.7 Å². The van der Waals surface area contributed by atoms with E-state index < -0.39 is 17.8 Å². The van der Waals surface area contributed by atoms with E-state index in [1.54, 1.807) is 27.7 Å². The molecule has 3 atom stereocenters. The van der Waals surface area contributed by atoms with E-state index in [0.717, 1.165) is 25.7 Å². The molecular formula is C27H28ClFN4O4. The maximum Gasteiger partial charge on any atom is 0.250 e. The van der Waals surface area contributed by atoms with Gasteiger partial charge in [-0.1, -0.05) is 36.6 Å². The van der Waals surface area contributed by atoms with Gasteiger partial charge >= 0.3 is 0 Å². The minimum absolute atomic E-state index is 0.00524. The van der Waals surface area contributed by atoms with Gasteiger partial charge < -0.3 is 25.6 Å². The van der Waals surface area contributed by atoms with E-state index in [1.165, 1.54) is 24.4 Å². The third-order valence-corrected chi connectivity index (χ3v) is 7.89. The van der Waals surface area contributed by atoms with Crippen LogP contribution >= 0.6 is 11.6 Å². The molecule has 2 fully saturated rings. The second-order valence-corrected chi connectivity index (χ2v) is 10.2. The van der Waals surface area contributed by atoms with Crippen LogP contribution in [0.1, 0.15) is 48.0 Å². The average Bonchev–Trinajstić information content (AvgIpc) is 3.43. The molecule has 1 aliphatic heterocycles. The number of likely N-dealkylation sites (tertiary alicyclic amines) is 1. The molecule has 194 valence electrons. The number of amides is 3. The van der Waals surface area contributed by atoms with Crippen molar-refractivity contribution < 1.29 is 23.9 Å². The minimum Gasteiger partial charge on any atom is -0.508 e. The first-order valence-electron chi connectivity index (χ1n) is 12.4. The van der Waals surface area contributed by atoms with Gasteiger partial charge in [0.25, 0.3) is 5.91 Å². The number of phenols is 1. The van der Waals surface area contributed by atoms with Gasteiger partial charge in [0, 0.05) is 35.8 Å². The van der Waals surface area contributed by atoms with Crippen molar-refractivity contribution in [2.24, 2.45) is 11.7 Å². The van der Waals surface area contributed by atoms with Gasteiger partial charge in [-0.05, 0) is 43.4 Å². The Bertz CT molecular complexity index is 1390. The molecule has 1 saturated carbocycles. The summed E-state index contributed by atoms with van der Waals surface area (Å²) < 4.78 is 15.9. The summed E-state index contributed by atoms with van der Waals surface area (Å²) in [6, 6.07) is 8.39. The molecule has 2 heterocycles. The number of nitrogens with zero attached hydrogens (tertiary/aromatic N) is 2. The number of hydrogen-bond donors (Lipinski definition) is 3. The maximum absolute atomic E-state index is 14.3. The van der Waals surface area contributed by atoms with Gasteiger partial charge in [0.2, 0.25) is 11.8 Å². The molecule has 1 saturated heterocycles. The van der Waals surface area contributed by atoms with Gasteiger partial charge in [-0.15, -0.1) is 0 Å². The Kier molecular flexibility index (Phi) is 6.81. The fraction of sp³-hybridized carbons (Fsp3) is 0.370. The molecule has 2 aliphatic rings. The Morgan fingerprint density at radius 3 is 2.73 bits per heavy atom. The molecule has 10 heteroatoms. The Hall–Kier alpha value is -3.59. The normalized spacial score (nSPS) is 21.1. The van der Waals surface area contributed by atoms with Crippen molar-refractivity contribution in [2.45, 2.75) is 57.3 Å². The molecule has 0 bridgehead atoms. The summed E-state index contributed by atoms with van der Waals surface area (Å²) in [5, 5.41) is 13.3. The van der Waals surface area contributed by atoms with E-state index in [-0.39, 0.29) is 58.8 Å². The fourth-order valence-electron chi connectivity index (χ4n) is 5.87. The van der Waals surface area contributed by atoms with E-state index in [9.17, 15) is 23.9 Å². The highest BCUT2D eigenvalue weighted by Gasteiger charge is 2.47. The number of carbonyl (C=O) groups excluding carboxylic acids is 3. The zero-order valence-electron chi connectivity index (χ0n) is 20.1. The number of halogens is 2. The summed E-state index contributed by atoms with van der Waals surface area (Å²) >= 11 is 5.87. The molecule has 1 aromatic heterocycles. The lowest BCUT2D eigenvalue weighted by atomic mass is 9.84. The standard InChI is InChI=1S/C27H28ClFN4O4/c28-20-6-3-5-16(25(20)29)12-31-27(37)23-10-15-4-1-2-7-21(15)33(23)24(35)14-32-13-19(26(30)36)18-9-8-17(34)11-22(18)32/h3,5-6,8-9,11,13,15,21,23,34H,1-2,4,7,10,12,14H2,(H2,30,36)(H,31,37)/t15-,21-,23+/m1/s1. The number of phenolic OH excluding ortho intramolecular Hbond substituents is 1. The number of benzene rings is 2. The lowest BCUT2D eigenvalue weighted by Gasteiger charge is -2.34. The summed E-state index contributed by atoms with van der Waals surface area (Å²) in [4.78, 5) is 40.7. The molecular weight excluding hydrogens is 499 g/mol. The third-order valence-electron chi connectivity index (χ3n) is 7.60. The fourth-order valence-corrected chi connectivity index (χ4v) is 6.07. The van der Waals surface area contributed by atoms with Crippen molar-refractivity contribution in [1.29, 1.82) is 0 Å². The van der Waals surface area contributed by atoms with Crippen LogP contribution in [0, 0.1) is 11.7 Å². The van der Waals surface area contributed by atoms with Gasteiger partial charge in [-0.25, -0.2) is 4.39 Å². The number of primary amides is 1. The molecule has 8 nitrogen and oxygen atoms in total. The Morgan fingerprint density at radius 1 is 1.16 bits per heavy atom. The van der Waals surface area contributed by atoms with Crippen molar-refractivity contribution in [1.82, 2.24) is 14.8 Å². The van der Waals surface area contributed by atoms with Crippen LogP contribution in [0.2, 0.25) is 5.02 Å². The first kappa shape index (κ1) is 25.1. The number of fused-ring (bicyclic) bond motifs is 2. The predicted octanol–water partition coefficient (Wildman–Crippen LogP) is 3.71. The summed E-state index contributed by atoms with van der Waals surface area (Å²) in [5.74, 6) is -1.61. The highest BCUT2D eigenvalue weighted by molar-refractivity contribution is 6.30. The number of carbonyl (C=O) groups is 3. The molecule has 37 heavy (non-hydrogen) atoms. The Labute approximate surface area is 218 Å².